The van der Waals surface area contributed by atoms with Gasteiger partial charge in [0.15, 0.2) is 0 Å². The zero-order valence-electron chi connectivity index (χ0n) is 11.5. The van der Waals surface area contributed by atoms with E-state index >= 15 is 0 Å². The second-order valence-electron chi connectivity index (χ2n) is 6.08. The minimum Gasteiger partial charge on any atom is -0.308 e. The average Bonchev–Trinajstić information content (AvgIpc) is 3.04. The minimum absolute atomic E-state index is 0.429. The number of hydrogen-bond acceptors (Lipinski definition) is 3. The van der Waals surface area contributed by atoms with E-state index in [0.717, 1.165) is 6.54 Å². The van der Waals surface area contributed by atoms with Crippen LogP contribution in [0.15, 0.2) is 17.5 Å². The molecule has 2 unspecified atom stereocenters. The zero-order valence-corrected chi connectivity index (χ0v) is 12.3. The molecule has 18 heavy (non-hydrogen) atoms. The van der Waals surface area contributed by atoms with Gasteiger partial charge in [-0.15, -0.1) is 11.3 Å². The molecule has 0 radical (unpaired) electrons. The van der Waals surface area contributed by atoms with Gasteiger partial charge in [0, 0.05) is 35.6 Å². The van der Waals surface area contributed by atoms with Gasteiger partial charge in [-0.05, 0) is 38.1 Å². The van der Waals surface area contributed by atoms with Crippen LogP contribution >= 0.6 is 11.3 Å². The van der Waals surface area contributed by atoms with Gasteiger partial charge in [-0.25, -0.2) is 0 Å². The maximum Gasteiger partial charge on any atom is 0.0417 e. The van der Waals surface area contributed by atoms with E-state index in [0.29, 0.717) is 17.6 Å². The van der Waals surface area contributed by atoms with Gasteiger partial charge in [0.2, 0.25) is 0 Å². The summed E-state index contributed by atoms with van der Waals surface area (Å²) < 4.78 is 0. The van der Waals surface area contributed by atoms with Crippen molar-refractivity contribution in [3.05, 3.63) is 22.4 Å². The summed E-state index contributed by atoms with van der Waals surface area (Å²) in [6.45, 7) is 7.11. The third-order valence-electron chi connectivity index (χ3n) is 4.84. The van der Waals surface area contributed by atoms with Crippen LogP contribution in [0.3, 0.4) is 0 Å². The number of nitrogens with one attached hydrogen (secondary N) is 1. The fourth-order valence-corrected chi connectivity index (χ4v) is 4.44. The molecule has 1 aromatic heterocycles. The summed E-state index contributed by atoms with van der Waals surface area (Å²) in [6, 6.07) is 5.67. The molecule has 2 aliphatic rings. The highest BCUT2D eigenvalue weighted by Crippen LogP contribution is 2.37. The zero-order chi connectivity index (χ0) is 12.6. The predicted molar refractivity (Wildman–Crippen MR) is 78.1 cm³/mol. The highest BCUT2D eigenvalue weighted by Gasteiger charge is 2.41. The van der Waals surface area contributed by atoms with Gasteiger partial charge >= 0.3 is 0 Å². The van der Waals surface area contributed by atoms with E-state index in [1.165, 1.54) is 37.1 Å². The highest BCUT2D eigenvalue weighted by molar-refractivity contribution is 7.10. The van der Waals surface area contributed by atoms with Gasteiger partial charge in [-0.3, -0.25) is 4.90 Å². The Morgan fingerprint density at radius 2 is 2.22 bits per heavy atom. The molecule has 1 N–H and O–H groups in total. The largest absolute Gasteiger partial charge is 0.308 e. The van der Waals surface area contributed by atoms with Crippen LogP contribution in [0.4, 0.5) is 0 Å². The quantitative estimate of drug-likeness (QED) is 0.880. The van der Waals surface area contributed by atoms with Crippen LogP contribution < -0.4 is 5.32 Å². The fourth-order valence-electron chi connectivity index (χ4n) is 3.64. The summed E-state index contributed by atoms with van der Waals surface area (Å²) in [5, 5.41) is 6.03. The third-order valence-corrected chi connectivity index (χ3v) is 5.88. The Labute approximate surface area is 114 Å². The second kappa shape index (κ2) is 4.95. The van der Waals surface area contributed by atoms with E-state index in [1.807, 2.05) is 11.3 Å². The van der Waals surface area contributed by atoms with E-state index in [2.05, 4.69) is 41.6 Å². The van der Waals surface area contributed by atoms with Crippen LogP contribution in [0, 0.1) is 0 Å². The highest BCUT2D eigenvalue weighted by atomic mass is 32.1. The van der Waals surface area contributed by atoms with Crippen molar-refractivity contribution >= 4 is 11.3 Å². The van der Waals surface area contributed by atoms with Crippen LogP contribution in [0.5, 0.6) is 0 Å². The summed E-state index contributed by atoms with van der Waals surface area (Å²) in [4.78, 5) is 4.23. The molecule has 3 rings (SSSR count). The molecule has 1 saturated carbocycles. The molecular formula is C15H24N2S. The van der Waals surface area contributed by atoms with Crippen molar-refractivity contribution < 1.29 is 0 Å². The monoisotopic (exact) mass is 264 g/mol. The molecule has 1 aromatic rings. The summed E-state index contributed by atoms with van der Waals surface area (Å²) in [6.07, 6.45) is 5.55. The van der Waals surface area contributed by atoms with Gasteiger partial charge in [-0.2, -0.15) is 0 Å². The first-order valence-electron chi connectivity index (χ1n) is 7.24. The molecule has 0 bridgehead atoms. The van der Waals surface area contributed by atoms with Crippen molar-refractivity contribution in [2.75, 3.05) is 13.1 Å². The maximum atomic E-state index is 3.84. The Bertz CT molecular complexity index is 381. The number of hydrogen-bond donors (Lipinski definition) is 1. The molecule has 1 saturated heterocycles. The number of rotatable bonds is 2. The topological polar surface area (TPSA) is 15.3 Å². The average molecular weight is 264 g/mol. The Hall–Kier alpha value is -0.380. The van der Waals surface area contributed by atoms with E-state index in [1.54, 1.807) is 0 Å². The van der Waals surface area contributed by atoms with Gasteiger partial charge in [0.25, 0.3) is 0 Å². The third kappa shape index (κ3) is 2.24. The lowest BCUT2D eigenvalue weighted by atomic mass is 9.91. The lowest BCUT2D eigenvalue weighted by Gasteiger charge is -2.47. The Morgan fingerprint density at radius 3 is 2.89 bits per heavy atom. The van der Waals surface area contributed by atoms with Crippen molar-refractivity contribution in [2.24, 2.45) is 0 Å². The molecule has 1 aliphatic heterocycles. The standard InChI is InChI=1S/C15H24N2S/c1-12-10-16-15(7-3-4-8-15)11-17(12)13(2)14-6-5-9-18-14/h5-6,9,12-13,16H,3-4,7-8,10-11H2,1-2H3. The summed E-state index contributed by atoms with van der Waals surface area (Å²) in [5.41, 5.74) is 0.429. The molecule has 2 atom stereocenters. The van der Waals surface area contributed by atoms with Crippen LogP contribution in [0.1, 0.15) is 50.4 Å². The molecule has 2 fully saturated rings. The smallest absolute Gasteiger partial charge is 0.0417 e. The van der Waals surface area contributed by atoms with Crippen molar-refractivity contribution in [1.29, 1.82) is 0 Å². The van der Waals surface area contributed by atoms with Crippen LogP contribution in [-0.4, -0.2) is 29.6 Å². The van der Waals surface area contributed by atoms with E-state index in [9.17, 15) is 0 Å². The first-order valence-corrected chi connectivity index (χ1v) is 8.12. The van der Waals surface area contributed by atoms with E-state index in [4.69, 9.17) is 0 Å². The summed E-state index contributed by atoms with van der Waals surface area (Å²) in [7, 11) is 0. The first kappa shape index (κ1) is 12.6. The first-order chi connectivity index (χ1) is 8.70. The Morgan fingerprint density at radius 1 is 1.44 bits per heavy atom. The number of piperazine rings is 1. The number of nitrogens with zero attached hydrogens (tertiary/aromatic N) is 1. The van der Waals surface area contributed by atoms with Crippen molar-refractivity contribution in [3.63, 3.8) is 0 Å². The second-order valence-corrected chi connectivity index (χ2v) is 7.06. The maximum absolute atomic E-state index is 3.84. The normalized spacial score (nSPS) is 29.8. The van der Waals surface area contributed by atoms with Crippen molar-refractivity contribution in [3.8, 4) is 0 Å². The molecule has 3 heteroatoms. The molecule has 0 amide bonds. The predicted octanol–water partition coefficient (Wildman–Crippen LogP) is 3.42. The van der Waals surface area contributed by atoms with Crippen molar-refractivity contribution in [2.45, 2.75) is 57.2 Å². The lowest BCUT2D eigenvalue weighted by molar-refractivity contribution is 0.0575. The molecule has 0 aromatic carbocycles. The molecular weight excluding hydrogens is 240 g/mol. The van der Waals surface area contributed by atoms with E-state index < -0.39 is 0 Å². The van der Waals surface area contributed by atoms with Crippen LogP contribution in [-0.2, 0) is 0 Å². The lowest BCUT2D eigenvalue weighted by Crippen LogP contribution is -2.62. The van der Waals surface area contributed by atoms with Gasteiger partial charge in [-0.1, -0.05) is 18.9 Å². The van der Waals surface area contributed by atoms with Gasteiger partial charge in [0.05, 0.1) is 0 Å². The minimum atomic E-state index is 0.429. The number of thiophene rings is 1. The Kier molecular flexibility index (Phi) is 3.48. The molecule has 100 valence electrons. The summed E-state index contributed by atoms with van der Waals surface area (Å²) >= 11 is 1.90. The summed E-state index contributed by atoms with van der Waals surface area (Å²) in [5.74, 6) is 0. The van der Waals surface area contributed by atoms with Gasteiger partial charge in [0.1, 0.15) is 0 Å². The van der Waals surface area contributed by atoms with E-state index in [-0.39, 0.29) is 0 Å². The molecule has 1 aliphatic carbocycles. The fraction of sp³-hybridized carbons (Fsp3) is 0.733. The Balaban J connectivity index is 1.77. The SMILES string of the molecule is CC1CNC2(CCCC2)CN1C(C)c1cccs1. The van der Waals surface area contributed by atoms with Crippen LogP contribution in [0.2, 0.25) is 0 Å². The molecule has 2 nitrogen and oxygen atoms in total. The van der Waals surface area contributed by atoms with Crippen molar-refractivity contribution in [1.82, 2.24) is 10.2 Å². The van der Waals surface area contributed by atoms with Crippen LogP contribution in [0.25, 0.3) is 0 Å². The van der Waals surface area contributed by atoms with Gasteiger partial charge < -0.3 is 5.32 Å². The molecule has 1 spiro atoms. The molecule has 2 heterocycles.